The Balaban J connectivity index is 1.35. The zero-order valence-corrected chi connectivity index (χ0v) is 19.0. The molecule has 29 heavy (non-hydrogen) atoms. The van der Waals surface area contributed by atoms with Gasteiger partial charge in [-0.25, -0.2) is 0 Å². The van der Waals surface area contributed by atoms with Crippen LogP contribution >= 0.6 is 0 Å². The van der Waals surface area contributed by atoms with E-state index in [1.54, 1.807) is 11.3 Å². The highest BCUT2D eigenvalue weighted by atomic mass is 16.5. The van der Waals surface area contributed by atoms with Crippen molar-refractivity contribution >= 4 is 0 Å². The highest BCUT2D eigenvalue weighted by Crippen LogP contribution is 2.56. The van der Waals surface area contributed by atoms with E-state index in [1.807, 2.05) is 7.05 Å². The number of rotatable bonds is 6. The molecule has 5 rings (SSSR count). The normalized spacial score (nSPS) is 31.8. The lowest BCUT2D eigenvalue weighted by atomic mass is 9.71. The molecule has 3 heterocycles. The Hall–Kier alpha value is -0.910. The maximum absolute atomic E-state index is 6.40. The lowest BCUT2D eigenvalue weighted by molar-refractivity contribution is -0.0294. The van der Waals surface area contributed by atoms with E-state index in [2.05, 4.69) is 35.8 Å². The summed E-state index contributed by atoms with van der Waals surface area (Å²) >= 11 is 0. The van der Waals surface area contributed by atoms with Crippen molar-refractivity contribution in [3.8, 4) is 0 Å². The molecule has 4 aliphatic rings. The number of nitrogens with zero attached hydrogens (tertiary/aromatic N) is 3. The predicted octanol–water partition coefficient (Wildman–Crippen LogP) is 3.71. The quantitative estimate of drug-likeness (QED) is 0.790. The number of nitrogens with one attached hydrogen (secondary N) is 1. The molecule has 0 aromatic carbocycles. The second-order valence-electron chi connectivity index (χ2n) is 11.6. The number of hydrogen-bond donors (Lipinski definition) is 1. The zero-order valence-electron chi connectivity index (χ0n) is 19.0. The van der Waals surface area contributed by atoms with Crippen molar-refractivity contribution < 1.29 is 4.74 Å². The third-order valence-corrected chi connectivity index (χ3v) is 8.20. The van der Waals surface area contributed by atoms with Gasteiger partial charge in [-0.2, -0.15) is 5.10 Å². The molecule has 162 valence electrons. The van der Waals surface area contributed by atoms with Crippen LogP contribution in [0.3, 0.4) is 0 Å². The maximum Gasteiger partial charge on any atom is 0.0802 e. The Labute approximate surface area is 176 Å². The van der Waals surface area contributed by atoms with Crippen LogP contribution in [0.2, 0.25) is 0 Å². The number of hydrogen-bond acceptors (Lipinski definition) is 4. The van der Waals surface area contributed by atoms with E-state index in [0.717, 1.165) is 26.2 Å². The van der Waals surface area contributed by atoms with Gasteiger partial charge in [0.25, 0.3) is 0 Å². The number of aromatic nitrogens is 2. The molecule has 5 nitrogen and oxygen atoms in total. The Bertz CT molecular complexity index is 755. The summed E-state index contributed by atoms with van der Waals surface area (Å²) in [5.74, 6) is 0.679. The fourth-order valence-electron chi connectivity index (χ4n) is 6.43. The topological polar surface area (TPSA) is 42.3 Å². The summed E-state index contributed by atoms with van der Waals surface area (Å²) in [4.78, 5) is 2.43. The first-order valence-electron chi connectivity index (χ1n) is 11.9. The van der Waals surface area contributed by atoms with E-state index < -0.39 is 0 Å². The van der Waals surface area contributed by atoms with Gasteiger partial charge in [0.15, 0.2) is 0 Å². The molecule has 0 radical (unpaired) electrons. The van der Waals surface area contributed by atoms with Crippen molar-refractivity contribution in [2.75, 3.05) is 33.8 Å². The molecule has 1 aromatic rings. The summed E-state index contributed by atoms with van der Waals surface area (Å²) in [5, 5.41) is 8.46. The maximum atomic E-state index is 6.40. The molecule has 3 fully saturated rings. The van der Waals surface area contributed by atoms with Gasteiger partial charge in [-0.3, -0.25) is 9.58 Å². The molecule has 0 amide bonds. The lowest BCUT2D eigenvalue weighted by Crippen LogP contribution is -2.34. The second-order valence-corrected chi connectivity index (χ2v) is 11.6. The van der Waals surface area contributed by atoms with Gasteiger partial charge in [-0.1, -0.05) is 13.8 Å². The third-order valence-electron chi connectivity index (χ3n) is 8.20. The average Bonchev–Trinajstić information content (AvgIpc) is 3.09. The van der Waals surface area contributed by atoms with Gasteiger partial charge in [0.05, 0.1) is 17.9 Å². The summed E-state index contributed by atoms with van der Waals surface area (Å²) in [6, 6.07) is 0. The standard InChI is InChI=1S/C24H40N4O/c1-22(2)15-24(29-17-22)7-5-18(6-8-24)21-19(14-27(4)12-11-25-3)26-28-16-23(9-10-23)13-20(21)28/h18,25H,5-17H2,1-4H3/t18-,24-. The van der Waals surface area contributed by atoms with Crippen LogP contribution in [0.1, 0.15) is 81.7 Å². The third kappa shape index (κ3) is 3.79. The van der Waals surface area contributed by atoms with Gasteiger partial charge in [0.1, 0.15) is 0 Å². The van der Waals surface area contributed by atoms with Crippen LogP contribution in [0, 0.1) is 10.8 Å². The van der Waals surface area contributed by atoms with Crippen molar-refractivity contribution in [2.24, 2.45) is 10.8 Å². The summed E-state index contributed by atoms with van der Waals surface area (Å²) in [7, 11) is 4.27. The fourth-order valence-corrected chi connectivity index (χ4v) is 6.43. The van der Waals surface area contributed by atoms with Crippen molar-refractivity contribution in [2.45, 2.75) is 89.8 Å². The van der Waals surface area contributed by atoms with Gasteiger partial charge >= 0.3 is 0 Å². The second kappa shape index (κ2) is 7.06. The molecule has 0 atom stereocenters. The molecule has 2 spiro atoms. The SMILES string of the molecule is CNCCN(C)Cc1nn2c(c1[C@H]1CC[C@]3(CC1)CC(C)(C)CO3)CC1(CC1)C2. The average molecular weight is 401 g/mol. The molecule has 2 aliphatic heterocycles. The van der Waals surface area contributed by atoms with Gasteiger partial charge in [0, 0.05) is 37.4 Å². The van der Waals surface area contributed by atoms with Gasteiger partial charge in [-0.05, 0) is 82.2 Å². The van der Waals surface area contributed by atoms with E-state index >= 15 is 0 Å². The van der Waals surface area contributed by atoms with Crippen LogP contribution in [-0.4, -0.2) is 54.1 Å². The van der Waals surface area contributed by atoms with E-state index in [-0.39, 0.29) is 5.60 Å². The molecular formula is C24H40N4O. The van der Waals surface area contributed by atoms with E-state index in [4.69, 9.17) is 9.84 Å². The van der Waals surface area contributed by atoms with Crippen molar-refractivity contribution in [1.29, 1.82) is 0 Å². The molecule has 2 saturated carbocycles. The van der Waals surface area contributed by atoms with Crippen LogP contribution in [0.4, 0.5) is 0 Å². The summed E-state index contributed by atoms with van der Waals surface area (Å²) < 4.78 is 8.81. The summed E-state index contributed by atoms with van der Waals surface area (Å²) in [6.45, 7) is 9.92. The number of fused-ring (bicyclic) bond motifs is 1. The molecule has 2 aliphatic carbocycles. The molecule has 1 N–H and O–H groups in total. The Kier molecular flexibility index (Phi) is 4.88. The van der Waals surface area contributed by atoms with Crippen LogP contribution in [0.15, 0.2) is 0 Å². The zero-order chi connectivity index (χ0) is 20.3. The predicted molar refractivity (Wildman–Crippen MR) is 116 cm³/mol. The van der Waals surface area contributed by atoms with E-state index in [0.29, 0.717) is 16.7 Å². The van der Waals surface area contributed by atoms with E-state index in [1.165, 1.54) is 63.6 Å². The van der Waals surface area contributed by atoms with Crippen LogP contribution in [0.25, 0.3) is 0 Å². The molecule has 1 saturated heterocycles. The van der Waals surface area contributed by atoms with Gasteiger partial charge in [0.2, 0.25) is 0 Å². The molecule has 0 bridgehead atoms. The molecule has 5 heteroatoms. The van der Waals surface area contributed by atoms with Crippen LogP contribution in [-0.2, 0) is 24.2 Å². The first-order valence-corrected chi connectivity index (χ1v) is 11.9. The first-order chi connectivity index (χ1) is 13.8. The Morgan fingerprint density at radius 3 is 2.59 bits per heavy atom. The Morgan fingerprint density at radius 1 is 1.21 bits per heavy atom. The highest BCUT2D eigenvalue weighted by Gasteiger charge is 2.51. The molecule has 0 unspecified atom stereocenters. The summed E-state index contributed by atoms with van der Waals surface area (Å²) in [5.41, 5.74) is 5.69. The van der Waals surface area contributed by atoms with E-state index in [9.17, 15) is 0 Å². The van der Waals surface area contributed by atoms with Crippen molar-refractivity contribution in [3.05, 3.63) is 17.0 Å². The first kappa shape index (κ1) is 20.0. The minimum Gasteiger partial charge on any atom is -0.374 e. The summed E-state index contributed by atoms with van der Waals surface area (Å²) in [6.07, 6.45) is 10.3. The van der Waals surface area contributed by atoms with Gasteiger partial charge in [-0.15, -0.1) is 0 Å². The van der Waals surface area contributed by atoms with Crippen molar-refractivity contribution in [3.63, 3.8) is 0 Å². The smallest absolute Gasteiger partial charge is 0.0802 e. The van der Waals surface area contributed by atoms with Crippen LogP contribution < -0.4 is 5.32 Å². The largest absolute Gasteiger partial charge is 0.374 e. The monoisotopic (exact) mass is 400 g/mol. The van der Waals surface area contributed by atoms with Crippen LogP contribution in [0.5, 0.6) is 0 Å². The minimum absolute atomic E-state index is 0.164. The number of ether oxygens (including phenoxy) is 1. The number of likely N-dealkylation sites (N-methyl/N-ethyl adjacent to an activating group) is 2. The van der Waals surface area contributed by atoms with Crippen molar-refractivity contribution in [1.82, 2.24) is 20.0 Å². The Morgan fingerprint density at radius 2 is 1.97 bits per heavy atom. The minimum atomic E-state index is 0.164. The fraction of sp³-hybridized carbons (Fsp3) is 0.875. The molecule has 1 aromatic heterocycles. The van der Waals surface area contributed by atoms with Gasteiger partial charge < -0.3 is 10.1 Å². The lowest BCUT2D eigenvalue weighted by Gasteiger charge is -2.37. The highest BCUT2D eigenvalue weighted by molar-refractivity contribution is 5.35. The molecular weight excluding hydrogens is 360 g/mol.